The molecule has 0 aliphatic carbocycles. The molecule has 3 amide bonds. The Bertz CT molecular complexity index is 1270. The van der Waals surface area contributed by atoms with Gasteiger partial charge in [0, 0.05) is 18.1 Å². The molecule has 1 aliphatic rings. The van der Waals surface area contributed by atoms with Crippen LogP contribution < -0.4 is 10.0 Å². The van der Waals surface area contributed by atoms with Gasteiger partial charge in [0.05, 0.1) is 4.90 Å². The van der Waals surface area contributed by atoms with Crippen LogP contribution in [0.3, 0.4) is 0 Å². The monoisotopic (exact) mass is 425 g/mol. The van der Waals surface area contributed by atoms with Crippen molar-refractivity contribution >= 4 is 33.8 Å². The van der Waals surface area contributed by atoms with Crippen molar-refractivity contribution in [3.8, 4) is 17.4 Å². The Hall–Kier alpha value is -3.97. The predicted octanol–water partition coefficient (Wildman–Crippen LogP) is 1.65. The number of hydrogen-bond donors (Lipinski definition) is 2. The lowest BCUT2D eigenvalue weighted by atomic mass is 9.96. The van der Waals surface area contributed by atoms with Crippen LogP contribution in [0.4, 0.5) is 0 Å². The average molecular weight is 425 g/mol. The van der Waals surface area contributed by atoms with E-state index in [0.29, 0.717) is 17.1 Å². The Morgan fingerprint density at radius 2 is 1.80 bits per heavy atom. The van der Waals surface area contributed by atoms with Crippen molar-refractivity contribution in [3.05, 3.63) is 58.9 Å². The number of carbonyl (C=O) groups is 3. The number of benzene rings is 1. The largest absolute Gasteiger partial charge is 0.457 e. The van der Waals surface area contributed by atoms with E-state index in [4.69, 9.17) is 9.68 Å². The van der Waals surface area contributed by atoms with E-state index in [1.54, 1.807) is 18.2 Å². The number of nitrogens with one attached hydrogen (secondary N) is 2. The first-order valence-electron chi connectivity index (χ1n) is 8.55. The fraction of sp³-hybridized carbons (Fsp3) is 0.100. The number of carbonyl (C=O) groups excluding carboxylic acids is 3. The smallest absolute Gasteiger partial charge is 0.269 e. The molecular weight excluding hydrogens is 410 g/mol. The van der Waals surface area contributed by atoms with Crippen molar-refractivity contribution in [1.29, 1.82) is 5.26 Å². The molecule has 2 heterocycles. The quantitative estimate of drug-likeness (QED) is 0.559. The zero-order valence-electron chi connectivity index (χ0n) is 15.8. The molecule has 9 nitrogen and oxygen atoms in total. The van der Waals surface area contributed by atoms with Gasteiger partial charge in [-0.05, 0) is 55.0 Å². The summed E-state index contributed by atoms with van der Waals surface area (Å²) in [6.45, 7) is 2.60. The topological polar surface area (TPSA) is 146 Å². The van der Waals surface area contributed by atoms with E-state index in [-0.39, 0.29) is 21.6 Å². The molecule has 1 aliphatic heterocycles. The lowest BCUT2D eigenvalue weighted by molar-refractivity contribution is -0.126. The van der Waals surface area contributed by atoms with Gasteiger partial charge in [0.2, 0.25) is 5.91 Å². The first-order valence-corrected chi connectivity index (χ1v) is 10.0. The summed E-state index contributed by atoms with van der Waals surface area (Å²) in [5.74, 6) is -1.37. The number of hydrogen-bond acceptors (Lipinski definition) is 7. The summed E-state index contributed by atoms with van der Waals surface area (Å²) in [7, 11) is -3.94. The maximum Gasteiger partial charge on any atom is 0.269 e. The highest BCUT2D eigenvalue weighted by Crippen LogP contribution is 2.27. The fourth-order valence-electron chi connectivity index (χ4n) is 2.79. The van der Waals surface area contributed by atoms with E-state index in [2.05, 4.69) is 5.32 Å². The van der Waals surface area contributed by atoms with Crippen LogP contribution in [-0.2, 0) is 24.4 Å². The number of rotatable bonds is 4. The molecule has 3 rings (SSSR count). The van der Waals surface area contributed by atoms with E-state index in [0.717, 1.165) is 6.92 Å². The number of sulfonamides is 1. The normalized spacial score (nSPS) is 15.7. The summed E-state index contributed by atoms with van der Waals surface area (Å²) < 4.78 is 31.6. The maximum absolute atomic E-state index is 12.1. The molecule has 0 saturated carbocycles. The Balaban J connectivity index is 1.90. The van der Waals surface area contributed by atoms with E-state index in [1.165, 1.54) is 37.3 Å². The third-order valence-corrected chi connectivity index (χ3v) is 5.68. The summed E-state index contributed by atoms with van der Waals surface area (Å²) in [5, 5.41) is 11.2. The number of imide groups is 1. The van der Waals surface area contributed by atoms with Gasteiger partial charge >= 0.3 is 0 Å². The molecule has 10 heteroatoms. The summed E-state index contributed by atoms with van der Waals surface area (Å²) in [6, 6.07) is 10.7. The first kappa shape index (κ1) is 20.8. The number of nitrogens with zero attached hydrogens (tertiary/aromatic N) is 1. The predicted molar refractivity (Wildman–Crippen MR) is 105 cm³/mol. The van der Waals surface area contributed by atoms with E-state index < -0.39 is 27.7 Å². The van der Waals surface area contributed by atoms with Crippen LogP contribution >= 0.6 is 0 Å². The van der Waals surface area contributed by atoms with Crippen molar-refractivity contribution in [1.82, 2.24) is 10.0 Å². The molecule has 0 bridgehead atoms. The van der Waals surface area contributed by atoms with Crippen LogP contribution in [0.5, 0.6) is 0 Å². The summed E-state index contributed by atoms with van der Waals surface area (Å²) in [4.78, 5) is 34.7. The third-order valence-electron chi connectivity index (χ3n) is 4.23. The molecule has 2 N–H and O–H groups in total. The molecule has 0 unspecified atom stereocenters. The van der Waals surface area contributed by atoms with Gasteiger partial charge in [0.25, 0.3) is 21.8 Å². The van der Waals surface area contributed by atoms with Gasteiger partial charge in [0.15, 0.2) is 0 Å². The van der Waals surface area contributed by atoms with E-state index in [1.807, 2.05) is 4.72 Å². The van der Waals surface area contributed by atoms with Crippen molar-refractivity contribution in [3.63, 3.8) is 0 Å². The highest BCUT2D eigenvalue weighted by atomic mass is 32.2. The highest BCUT2D eigenvalue weighted by Gasteiger charge is 2.27. The van der Waals surface area contributed by atoms with Crippen LogP contribution in [0.25, 0.3) is 17.4 Å². The summed E-state index contributed by atoms with van der Waals surface area (Å²) in [5.41, 5.74) is 0.791. The van der Waals surface area contributed by atoms with Gasteiger partial charge in [-0.1, -0.05) is 0 Å². The maximum atomic E-state index is 12.1. The lowest BCUT2D eigenvalue weighted by Gasteiger charge is -2.15. The molecular formula is C20H15N3O6S. The minimum Gasteiger partial charge on any atom is -0.457 e. The lowest BCUT2D eigenvalue weighted by Crippen LogP contribution is -2.37. The molecule has 30 heavy (non-hydrogen) atoms. The molecule has 0 spiro atoms. The number of amides is 3. The van der Waals surface area contributed by atoms with Gasteiger partial charge in [-0.25, -0.2) is 13.1 Å². The van der Waals surface area contributed by atoms with E-state index in [9.17, 15) is 22.8 Å². The standard InChI is InChI=1S/C20H15N3O6S/c1-11-16(19(25)22-20(26)17(11)10-21)9-14-5-8-18(29-14)13-3-6-15(7-4-13)30(27,28)23-12(2)24/h3-9H,1-2H3,(H,23,24)(H,22,25,26). The second-order valence-corrected chi connectivity index (χ2v) is 8.02. The minimum absolute atomic E-state index is 0.0799. The number of nitriles is 1. The van der Waals surface area contributed by atoms with Gasteiger partial charge in [0.1, 0.15) is 23.2 Å². The Morgan fingerprint density at radius 3 is 2.40 bits per heavy atom. The SMILES string of the molecule is CC(=O)NS(=O)(=O)c1ccc(-c2ccc(C=C3C(=O)NC(=O)C(C#N)=C3C)o2)cc1. The Morgan fingerprint density at radius 1 is 1.13 bits per heavy atom. The second kappa shape index (κ2) is 7.81. The van der Waals surface area contributed by atoms with Crippen LogP contribution in [0.15, 0.2) is 62.4 Å². The van der Waals surface area contributed by atoms with Gasteiger partial charge < -0.3 is 4.42 Å². The minimum atomic E-state index is -3.94. The van der Waals surface area contributed by atoms with Gasteiger partial charge in [-0.15, -0.1) is 0 Å². The summed E-state index contributed by atoms with van der Waals surface area (Å²) >= 11 is 0. The van der Waals surface area contributed by atoms with Crippen molar-refractivity contribution in [2.24, 2.45) is 0 Å². The van der Waals surface area contributed by atoms with Crippen LogP contribution in [0, 0.1) is 11.3 Å². The molecule has 1 aromatic heterocycles. The Kier molecular flexibility index (Phi) is 5.40. The Labute approximate surface area is 171 Å². The fourth-order valence-corrected chi connectivity index (χ4v) is 3.78. The van der Waals surface area contributed by atoms with Gasteiger partial charge in [-0.3, -0.25) is 19.7 Å². The molecule has 0 radical (unpaired) electrons. The van der Waals surface area contributed by atoms with Crippen molar-refractivity contribution in [2.75, 3.05) is 0 Å². The molecule has 152 valence electrons. The highest BCUT2D eigenvalue weighted by molar-refractivity contribution is 7.90. The average Bonchev–Trinajstić information content (AvgIpc) is 3.13. The summed E-state index contributed by atoms with van der Waals surface area (Å²) in [6.07, 6.45) is 1.41. The van der Waals surface area contributed by atoms with Crippen molar-refractivity contribution < 1.29 is 27.2 Å². The molecule has 1 aromatic carbocycles. The second-order valence-electron chi connectivity index (χ2n) is 6.34. The van der Waals surface area contributed by atoms with E-state index >= 15 is 0 Å². The van der Waals surface area contributed by atoms with Gasteiger partial charge in [-0.2, -0.15) is 5.26 Å². The zero-order chi connectivity index (χ0) is 22.1. The molecule has 0 saturated heterocycles. The number of furan rings is 1. The molecule has 0 fully saturated rings. The molecule has 2 aromatic rings. The van der Waals surface area contributed by atoms with Crippen LogP contribution in [0.1, 0.15) is 19.6 Å². The third kappa shape index (κ3) is 4.06. The molecule has 0 atom stereocenters. The van der Waals surface area contributed by atoms with Crippen LogP contribution in [-0.4, -0.2) is 26.1 Å². The zero-order valence-corrected chi connectivity index (χ0v) is 16.7. The van der Waals surface area contributed by atoms with Crippen LogP contribution in [0.2, 0.25) is 0 Å². The first-order chi connectivity index (χ1) is 14.1. The van der Waals surface area contributed by atoms with Crippen molar-refractivity contribution in [2.45, 2.75) is 18.7 Å².